The normalized spacial score (nSPS) is 12.6. The van der Waals surface area contributed by atoms with E-state index in [9.17, 15) is 9.59 Å². The molecule has 2 rings (SSSR count). The molecule has 0 amide bonds. The SMILES string of the molecule is CC(N)C(=O)c1ccc2oc(C(=O)O)cc2c1. The van der Waals surface area contributed by atoms with E-state index in [0.29, 0.717) is 16.5 Å². The molecular weight excluding hydrogens is 222 g/mol. The number of aromatic carboxylic acids is 1. The monoisotopic (exact) mass is 233 g/mol. The summed E-state index contributed by atoms with van der Waals surface area (Å²) in [5.74, 6) is -1.48. The highest BCUT2D eigenvalue weighted by molar-refractivity contribution is 6.03. The number of furan rings is 1. The van der Waals surface area contributed by atoms with Gasteiger partial charge in [-0.05, 0) is 31.2 Å². The van der Waals surface area contributed by atoms with Crippen molar-refractivity contribution in [3.8, 4) is 0 Å². The Morgan fingerprint density at radius 3 is 2.65 bits per heavy atom. The maximum atomic E-state index is 11.7. The molecule has 17 heavy (non-hydrogen) atoms. The minimum atomic E-state index is -1.14. The fourth-order valence-corrected chi connectivity index (χ4v) is 1.56. The quantitative estimate of drug-likeness (QED) is 0.786. The van der Waals surface area contributed by atoms with E-state index in [1.807, 2.05) is 0 Å². The van der Waals surface area contributed by atoms with Crippen LogP contribution in [0.2, 0.25) is 0 Å². The summed E-state index contributed by atoms with van der Waals surface area (Å²) >= 11 is 0. The average Bonchev–Trinajstić information content (AvgIpc) is 2.70. The van der Waals surface area contributed by atoms with Gasteiger partial charge in [0.25, 0.3) is 0 Å². The molecule has 1 atom stereocenters. The molecule has 0 aliphatic heterocycles. The van der Waals surface area contributed by atoms with Crippen LogP contribution in [0, 0.1) is 0 Å². The van der Waals surface area contributed by atoms with Crippen LogP contribution in [-0.2, 0) is 0 Å². The number of ketones is 1. The summed E-state index contributed by atoms with van der Waals surface area (Å²) in [5, 5.41) is 9.35. The van der Waals surface area contributed by atoms with Crippen LogP contribution in [-0.4, -0.2) is 22.9 Å². The molecule has 0 saturated heterocycles. The molecule has 0 radical (unpaired) electrons. The van der Waals surface area contributed by atoms with Gasteiger partial charge in [-0.1, -0.05) is 0 Å². The van der Waals surface area contributed by atoms with Crippen LogP contribution >= 0.6 is 0 Å². The van der Waals surface area contributed by atoms with Crippen LogP contribution in [0.4, 0.5) is 0 Å². The minimum absolute atomic E-state index is 0.148. The first-order chi connectivity index (χ1) is 7.99. The Balaban J connectivity index is 2.50. The third-order valence-corrected chi connectivity index (χ3v) is 2.43. The van der Waals surface area contributed by atoms with E-state index in [-0.39, 0.29) is 11.5 Å². The minimum Gasteiger partial charge on any atom is -0.475 e. The predicted molar refractivity (Wildman–Crippen MR) is 61.2 cm³/mol. The second kappa shape index (κ2) is 4.03. The van der Waals surface area contributed by atoms with Gasteiger partial charge in [0.2, 0.25) is 5.76 Å². The Morgan fingerprint density at radius 1 is 1.35 bits per heavy atom. The van der Waals surface area contributed by atoms with Crippen molar-refractivity contribution in [1.29, 1.82) is 0 Å². The molecule has 0 fully saturated rings. The lowest BCUT2D eigenvalue weighted by atomic mass is 10.0. The second-order valence-corrected chi connectivity index (χ2v) is 3.82. The number of rotatable bonds is 3. The van der Waals surface area contributed by atoms with Gasteiger partial charge < -0.3 is 15.3 Å². The summed E-state index contributed by atoms with van der Waals surface area (Å²) in [6.07, 6.45) is 0. The predicted octanol–water partition coefficient (Wildman–Crippen LogP) is 1.66. The van der Waals surface area contributed by atoms with Crippen molar-refractivity contribution in [3.05, 3.63) is 35.6 Å². The highest BCUT2D eigenvalue weighted by Gasteiger charge is 2.14. The molecule has 0 bridgehead atoms. The third-order valence-electron chi connectivity index (χ3n) is 2.43. The van der Waals surface area contributed by atoms with Gasteiger partial charge in [-0.2, -0.15) is 0 Å². The smallest absolute Gasteiger partial charge is 0.371 e. The third kappa shape index (κ3) is 2.05. The van der Waals surface area contributed by atoms with E-state index < -0.39 is 12.0 Å². The van der Waals surface area contributed by atoms with Crippen LogP contribution in [0.1, 0.15) is 27.8 Å². The summed E-state index contributed by atoms with van der Waals surface area (Å²) < 4.78 is 5.08. The number of hydrogen-bond donors (Lipinski definition) is 2. The van der Waals surface area contributed by atoms with Crippen LogP contribution in [0.3, 0.4) is 0 Å². The molecular formula is C12H11NO4. The molecule has 88 valence electrons. The van der Waals surface area contributed by atoms with Gasteiger partial charge in [0.15, 0.2) is 5.78 Å². The van der Waals surface area contributed by atoms with Gasteiger partial charge in [-0.15, -0.1) is 0 Å². The largest absolute Gasteiger partial charge is 0.475 e. The van der Waals surface area contributed by atoms with Crippen molar-refractivity contribution in [2.75, 3.05) is 0 Å². The van der Waals surface area contributed by atoms with E-state index in [2.05, 4.69) is 0 Å². The highest BCUT2D eigenvalue weighted by atomic mass is 16.4. The molecule has 5 nitrogen and oxygen atoms in total. The molecule has 2 aromatic rings. The van der Waals surface area contributed by atoms with E-state index in [1.165, 1.54) is 6.07 Å². The molecule has 0 saturated carbocycles. The van der Waals surface area contributed by atoms with Crippen molar-refractivity contribution >= 4 is 22.7 Å². The first kappa shape index (κ1) is 11.3. The van der Waals surface area contributed by atoms with E-state index in [4.69, 9.17) is 15.3 Å². The molecule has 1 aromatic carbocycles. The second-order valence-electron chi connectivity index (χ2n) is 3.82. The van der Waals surface area contributed by atoms with Crippen LogP contribution in [0.15, 0.2) is 28.7 Å². The lowest BCUT2D eigenvalue weighted by Gasteiger charge is -2.03. The van der Waals surface area contributed by atoms with Crippen molar-refractivity contribution in [2.24, 2.45) is 5.73 Å². The molecule has 0 spiro atoms. The number of Topliss-reactive ketones (excluding diaryl/α,β-unsaturated/α-hetero) is 1. The summed E-state index contributed by atoms with van der Waals surface area (Å²) in [5.41, 5.74) is 6.38. The Kier molecular flexibility index (Phi) is 2.69. The topological polar surface area (TPSA) is 93.5 Å². The Hall–Kier alpha value is -2.14. The van der Waals surface area contributed by atoms with Crippen LogP contribution in [0.5, 0.6) is 0 Å². The fourth-order valence-electron chi connectivity index (χ4n) is 1.56. The molecule has 1 aromatic heterocycles. The van der Waals surface area contributed by atoms with E-state index >= 15 is 0 Å². The van der Waals surface area contributed by atoms with E-state index in [0.717, 1.165) is 0 Å². The highest BCUT2D eigenvalue weighted by Crippen LogP contribution is 2.21. The fraction of sp³-hybridized carbons (Fsp3) is 0.167. The molecule has 0 aliphatic rings. The van der Waals surface area contributed by atoms with Gasteiger partial charge in [0, 0.05) is 10.9 Å². The molecule has 1 heterocycles. The van der Waals surface area contributed by atoms with Gasteiger partial charge in [0.05, 0.1) is 6.04 Å². The number of hydrogen-bond acceptors (Lipinski definition) is 4. The summed E-state index contributed by atoms with van der Waals surface area (Å²) in [7, 11) is 0. The van der Waals surface area contributed by atoms with Crippen molar-refractivity contribution in [1.82, 2.24) is 0 Å². The number of fused-ring (bicyclic) bond motifs is 1. The number of carbonyl (C=O) groups is 2. The maximum Gasteiger partial charge on any atom is 0.371 e. The number of carboxylic acids is 1. The molecule has 5 heteroatoms. The summed E-state index contributed by atoms with van der Waals surface area (Å²) in [6, 6.07) is 5.52. The van der Waals surface area contributed by atoms with Gasteiger partial charge in [-0.25, -0.2) is 4.79 Å². The Bertz CT molecular complexity index is 598. The van der Waals surface area contributed by atoms with Gasteiger partial charge >= 0.3 is 5.97 Å². The summed E-state index contributed by atoms with van der Waals surface area (Å²) in [4.78, 5) is 22.4. The van der Waals surface area contributed by atoms with Crippen LogP contribution in [0.25, 0.3) is 11.0 Å². The first-order valence-electron chi connectivity index (χ1n) is 5.05. The van der Waals surface area contributed by atoms with Crippen molar-refractivity contribution in [2.45, 2.75) is 13.0 Å². The number of benzene rings is 1. The van der Waals surface area contributed by atoms with Gasteiger partial charge in [0.1, 0.15) is 5.58 Å². The lowest BCUT2D eigenvalue weighted by molar-refractivity contribution is 0.0664. The van der Waals surface area contributed by atoms with Gasteiger partial charge in [-0.3, -0.25) is 4.79 Å². The first-order valence-corrected chi connectivity index (χ1v) is 5.05. The maximum absolute atomic E-state index is 11.7. The number of carbonyl (C=O) groups excluding carboxylic acids is 1. The molecule has 3 N–H and O–H groups in total. The molecule has 0 aliphatic carbocycles. The zero-order chi connectivity index (χ0) is 12.6. The van der Waals surface area contributed by atoms with Crippen molar-refractivity contribution < 1.29 is 19.1 Å². The standard InChI is InChI=1S/C12H11NO4/c1-6(13)11(14)7-2-3-9-8(4-7)5-10(17-9)12(15)16/h2-6H,13H2,1H3,(H,15,16). The summed E-state index contributed by atoms with van der Waals surface area (Å²) in [6.45, 7) is 1.60. The number of carboxylic acid groups (broad SMARTS) is 1. The van der Waals surface area contributed by atoms with Crippen LogP contribution < -0.4 is 5.73 Å². The number of nitrogens with two attached hydrogens (primary N) is 1. The Labute approximate surface area is 96.8 Å². The molecule has 1 unspecified atom stereocenters. The van der Waals surface area contributed by atoms with E-state index in [1.54, 1.807) is 25.1 Å². The Morgan fingerprint density at radius 2 is 2.06 bits per heavy atom. The lowest BCUT2D eigenvalue weighted by Crippen LogP contribution is -2.26. The average molecular weight is 233 g/mol. The van der Waals surface area contributed by atoms with Crippen molar-refractivity contribution in [3.63, 3.8) is 0 Å². The zero-order valence-electron chi connectivity index (χ0n) is 9.14. The zero-order valence-corrected chi connectivity index (χ0v) is 9.14.